The average Bonchev–Trinajstić information content (AvgIpc) is 2.75. The SMILES string of the molecule is CCC(N)Cc1cccc(F)c1-n1cc(Br)cn1. The molecule has 1 aromatic carbocycles. The second-order valence-corrected chi connectivity index (χ2v) is 5.14. The first-order valence-corrected chi connectivity index (χ1v) is 6.64. The highest BCUT2D eigenvalue weighted by Gasteiger charge is 2.13. The van der Waals surface area contributed by atoms with Crippen LogP contribution in [0, 0.1) is 5.82 Å². The Hall–Kier alpha value is -1.20. The molecule has 1 atom stereocenters. The number of benzene rings is 1. The van der Waals surface area contributed by atoms with Crippen molar-refractivity contribution in [3.8, 4) is 5.69 Å². The highest BCUT2D eigenvalue weighted by atomic mass is 79.9. The Labute approximate surface area is 114 Å². The van der Waals surface area contributed by atoms with Crippen LogP contribution in [0.1, 0.15) is 18.9 Å². The van der Waals surface area contributed by atoms with Crippen LogP contribution < -0.4 is 5.73 Å². The number of aromatic nitrogens is 2. The van der Waals surface area contributed by atoms with E-state index in [2.05, 4.69) is 21.0 Å². The minimum absolute atomic E-state index is 0.0320. The molecule has 1 heterocycles. The predicted molar refractivity (Wildman–Crippen MR) is 73.2 cm³/mol. The lowest BCUT2D eigenvalue weighted by atomic mass is 10.0. The summed E-state index contributed by atoms with van der Waals surface area (Å²) in [5, 5.41) is 4.13. The molecule has 2 rings (SSSR count). The van der Waals surface area contributed by atoms with E-state index in [1.54, 1.807) is 18.5 Å². The fraction of sp³-hybridized carbons (Fsp3) is 0.308. The molecule has 0 fully saturated rings. The van der Waals surface area contributed by atoms with E-state index in [4.69, 9.17) is 5.73 Å². The van der Waals surface area contributed by atoms with Gasteiger partial charge in [-0.05, 0) is 40.4 Å². The molecule has 0 aliphatic rings. The average molecular weight is 312 g/mol. The Bertz CT molecular complexity index is 539. The van der Waals surface area contributed by atoms with Crippen molar-refractivity contribution in [3.63, 3.8) is 0 Å². The fourth-order valence-electron chi connectivity index (χ4n) is 1.83. The van der Waals surface area contributed by atoms with E-state index >= 15 is 0 Å². The van der Waals surface area contributed by atoms with Gasteiger partial charge in [0.05, 0.1) is 10.7 Å². The largest absolute Gasteiger partial charge is 0.327 e. The topological polar surface area (TPSA) is 43.8 Å². The molecule has 1 aromatic heterocycles. The third kappa shape index (κ3) is 2.79. The summed E-state index contributed by atoms with van der Waals surface area (Å²) in [5.74, 6) is -0.286. The summed E-state index contributed by atoms with van der Waals surface area (Å²) in [7, 11) is 0. The highest BCUT2D eigenvalue weighted by Crippen LogP contribution is 2.21. The minimum atomic E-state index is -0.286. The van der Waals surface area contributed by atoms with Crippen molar-refractivity contribution in [2.45, 2.75) is 25.8 Å². The lowest BCUT2D eigenvalue weighted by Gasteiger charge is -2.14. The molecular weight excluding hydrogens is 297 g/mol. The number of rotatable bonds is 4. The summed E-state index contributed by atoms with van der Waals surface area (Å²) in [6, 6.07) is 5.06. The van der Waals surface area contributed by atoms with Crippen LogP contribution in [0.2, 0.25) is 0 Å². The molecule has 96 valence electrons. The first-order valence-electron chi connectivity index (χ1n) is 5.85. The van der Waals surface area contributed by atoms with Gasteiger partial charge in [0.15, 0.2) is 0 Å². The smallest absolute Gasteiger partial charge is 0.149 e. The van der Waals surface area contributed by atoms with E-state index < -0.39 is 0 Å². The van der Waals surface area contributed by atoms with Gasteiger partial charge in [-0.3, -0.25) is 0 Å². The zero-order chi connectivity index (χ0) is 13.1. The van der Waals surface area contributed by atoms with E-state index in [-0.39, 0.29) is 11.9 Å². The maximum Gasteiger partial charge on any atom is 0.149 e. The van der Waals surface area contributed by atoms with Crippen molar-refractivity contribution < 1.29 is 4.39 Å². The first kappa shape index (κ1) is 13.2. The third-order valence-electron chi connectivity index (χ3n) is 2.86. The molecule has 5 heteroatoms. The summed E-state index contributed by atoms with van der Waals surface area (Å²) < 4.78 is 16.3. The van der Waals surface area contributed by atoms with Gasteiger partial charge in [-0.1, -0.05) is 19.1 Å². The van der Waals surface area contributed by atoms with Gasteiger partial charge in [0.25, 0.3) is 0 Å². The zero-order valence-corrected chi connectivity index (χ0v) is 11.7. The molecule has 0 amide bonds. The molecule has 18 heavy (non-hydrogen) atoms. The number of para-hydroxylation sites is 1. The van der Waals surface area contributed by atoms with Gasteiger partial charge in [-0.25, -0.2) is 9.07 Å². The molecule has 3 nitrogen and oxygen atoms in total. The Morgan fingerprint density at radius 2 is 2.28 bits per heavy atom. The summed E-state index contributed by atoms with van der Waals surface area (Å²) in [4.78, 5) is 0. The predicted octanol–water partition coefficient (Wildman–Crippen LogP) is 3.05. The monoisotopic (exact) mass is 311 g/mol. The van der Waals surface area contributed by atoms with E-state index in [9.17, 15) is 4.39 Å². The van der Waals surface area contributed by atoms with Crippen LogP contribution in [0.15, 0.2) is 35.1 Å². The summed E-state index contributed by atoms with van der Waals surface area (Å²) in [6.07, 6.45) is 4.87. The molecule has 2 aromatic rings. The third-order valence-corrected chi connectivity index (χ3v) is 3.27. The molecule has 0 aliphatic heterocycles. The standard InChI is InChI=1S/C13H15BrFN3/c1-2-11(16)6-9-4-3-5-12(15)13(9)18-8-10(14)7-17-18/h3-5,7-8,11H,2,6,16H2,1H3. The number of nitrogens with zero attached hydrogens (tertiary/aromatic N) is 2. The first-order chi connectivity index (χ1) is 8.61. The van der Waals surface area contributed by atoms with Crippen LogP contribution >= 0.6 is 15.9 Å². The molecule has 0 bridgehead atoms. The van der Waals surface area contributed by atoms with Crippen LogP contribution in [-0.2, 0) is 6.42 Å². The minimum Gasteiger partial charge on any atom is -0.327 e. The fourth-order valence-corrected chi connectivity index (χ4v) is 2.12. The number of hydrogen-bond donors (Lipinski definition) is 1. The zero-order valence-electron chi connectivity index (χ0n) is 10.1. The summed E-state index contributed by atoms with van der Waals surface area (Å²) >= 11 is 3.31. The van der Waals surface area contributed by atoms with Gasteiger partial charge in [0.1, 0.15) is 11.5 Å². The van der Waals surface area contributed by atoms with E-state index in [0.29, 0.717) is 12.1 Å². The van der Waals surface area contributed by atoms with Crippen molar-refractivity contribution in [3.05, 3.63) is 46.4 Å². The lowest BCUT2D eigenvalue weighted by Crippen LogP contribution is -2.22. The van der Waals surface area contributed by atoms with Crippen molar-refractivity contribution >= 4 is 15.9 Å². The second kappa shape index (κ2) is 5.63. The van der Waals surface area contributed by atoms with Crippen molar-refractivity contribution in [2.75, 3.05) is 0 Å². The van der Waals surface area contributed by atoms with Crippen LogP contribution in [0.4, 0.5) is 4.39 Å². The Balaban J connectivity index is 2.44. The lowest BCUT2D eigenvalue weighted by molar-refractivity contribution is 0.596. The molecule has 0 aliphatic carbocycles. The molecule has 0 spiro atoms. The number of nitrogens with two attached hydrogens (primary N) is 1. The molecular formula is C13H15BrFN3. The van der Waals surface area contributed by atoms with Crippen molar-refractivity contribution in [1.29, 1.82) is 0 Å². The van der Waals surface area contributed by atoms with Crippen LogP contribution in [0.5, 0.6) is 0 Å². The Kier molecular flexibility index (Phi) is 4.14. The molecule has 2 N–H and O–H groups in total. The number of halogens is 2. The molecule has 0 saturated heterocycles. The summed E-state index contributed by atoms with van der Waals surface area (Å²) in [5.41, 5.74) is 7.30. The van der Waals surface area contributed by atoms with Crippen LogP contribution in [0.25, 0.3) is 5.69 Å². The van der Waals surface area contributed by atoms with E-state index in [1.807, 2.05) is 13.0 Å². The van der Waals surface area contributed by atoms with Crippen molar-refractivity contribution in [1.82, 2.24) is 9.78 Å². The maximum absolute atomic E-state index is 14.0. The number of hydrogen-bond acceptors (Lipinski definition) is 2. The van der Waals surface area contributed by atoms with Crippen LogP contribution in [-0.4, -0.2) is 15.8 Å². The normalized spacial score (nSPS) is 12.7. The summed E-state index contributed by atoms with van der Waals surface area (Å²) in [6.45, 7) is 2.02. The van der Waals surface area contributed by atoms with Gasteiger partial charge in [0, 0.05) is 12.2 Å². The Morgan fingerprint density at radius 3 is 2.89 bits per heavy atom. The quantitative estimate of drug-likeness (QED) is 0.943. The molecule has 0 saturated carbocycles. The molecule has 1 unspecified atom stereocenters. The maximum atomic E-state index is 14.0. The van der Waals surface area contributed by atoms with E-state index in [0.717, 1.165) is 16.5 Å². The second-order valence-electron chi connectivity index (χ2n) is 4.22. The van der Waals surface area contributed by atoms with E-state index in [1.165, 1.54) is 10.7 Å². The highest BCUT2D eigenvalue weighted by molar-refractivity contribution is 9.10. The van der Waals surface area contributed by atoms with Gasteiger partial charge in [-0.2, -0.15) is 5.10 Å². The molecule has 0 radical (unpaired) electrons. The van der Waals surface area contributed by atoms with Gasteiger partial charge in [-0.15, -0.1) is 0 Å². The van der Waals surface area contributed by atoms with Gasteiger partial charge >= 0.3 is 0 Å². The van der Waals surface area contributed by atoms with Gasteiger partial charge < -0.3 is 5.73 Å². The van der Waals surface area contributed by atoms with Gasteiger partial charge in [0.2, 0.25) is 0 Å². The van der Waals surface area contributed by atoms with Crippen LogP contribution in [0.3, 0.4) is 0 Å². The Morgan fingerprint density at radius 1 is 1.50 bits per heavy atom. The van der Waals surface area contributed by atoms with Crippen molar-refractivity contribution in [2.24, 2.45) is 5.73 Å².